The molecule has 0 amide bonds. The number of carbonyl (C=O) groups is 1. The fourth-order valence-electron chi connectivity index (χ4n) is 1.37. The maximum Gasteiger partial charge on any atom is 0.328 e. The molecule has 1 aliphatic rings. The lowest BCUT2D eigenvalue weighted by molar-refractivity contribution is -0.131. The molecule has 0 saturated heterocycles. The minimum Gasteiger partial charge on any atom is -0.486 e. The fourth-order valence-corrected chi connectivity index (χ4v) is 1.82. The molecule has 0 saturated carbocycles. The number of hydrogen-bond donors (Lipinski definition) is 1. The van der Waals surface area contributed by atoms with Crippen molar-refractivity contribution in [3.8, 4) is 11.5 Å². The molecule has 16 heavy (non-hydrogen) atoms. The molecule has 0 aliphatic carbocycles. The third-order valence-electron chi connectivity index (χ3n) is 2.07. The van der Waals surface area contributed by atoms with Crippen molar-refractivity contribution in [3.05, 3.63) is 28.2 Å². The first-order valence-corrected chi connectivity index (χ1v) is 5.46. The number of hydrogen-bond acceptors (Lipinski definition) is 3. The predicted octanol–water partition coefficient (Wildman–Crippen LogP) is 2.32. The van der Waals surface area contributed by atoms with Crippen LogP contribution in [0.5, 0.6) is 11.5 Å². The van der Waals surface area contributed by atoms with Gasteiger partial charge in [0.2, 0.25) is 0 Å². The molecule has 1 aliphatic heterocycles. The Kier molecular flexibility index (Phi) is 3.14. The summed E-state index contributed by atoms with van der Waals surface area (Å²) in [4.78, 5) is 10.4. The van der Waals surface area contributed by atoms with Crippen LogP contribution in [-0.2, 0) is 4.79 Å². The average Bonchev–Trinajstić information content (AvgIpc) is 2.26. The zero-order valence-corrected chi connectivity index (χ0v) is 9.86. The molecule has 2 rings (SSSR count). The largest absolute Gasteiger partial charge is 0.486 e. The van der Waals surface area contributed by atoms with Crippen LogP contribution in [0.2, 0.25) is 0 Å². The third kappa shape index (κ3) is 2.36. The van der Waals surface area contributed by atoms with Gasteiger partial charge in [-0.15, -0.1) is 0 Å². The second-order valence-electron chi connectivity index (χ2n) is 3.19. The smallest absolute Gasteiger partial charge is 0.328 e. The van der Waals surface area contributed by atoms with E-state index in [4.69, 9.17) is 14.6 Å². The van der Waals surface area contributed by atoms with Gasteiger partial charge in [-0.05, 0) is 23.8 Å². The lowest BCUT2D eigenvalue weighted by atomic mass is 10.2. The highest BCUT2D eigenvalue weighted by Crippen LogP contribution is 2.35. The Morgan fingerprint density at radius 3 is 2.56 bits per heavy atom. The number of ether oxygens (including phenoxy) is 2. The molecule has 84 valence electrons. The topological polar surface area (TPSA) is 55.8 Å². The van der Waals surface area contributed by atoms with Crippen molar-refractivity contribution < 1.29 is 19.4 Å². The van der Waals surface area contributed by atoms with Gasteiger partial charge in [-0.25, -0.2) is 4.79 Å². The summed E-state index contributed by atoms with van der Waals surface area (Å²) >= 11 is 3.35. The van der Waals surface area contributed by atoms with Crippen LogP contribution >= 0.6 is 15.9 Å². The monoisotopic (exact) mass is 284 g/mol. The van der Waals surface area contributed by atoms with Crippen molar-refractivity contribution in [1.82, 2.24) is 0 Å². The summed E-state index contributed by atoms with van der Waals surface area (Å²) in [6.45, 7) is 1.04. The van der Waals surface area contributed by atoms with E-state index < -0.39 is 5.97 Å². The van der Waals surface area contributed by atoms with E-state index in [0.717, 1.165) is 16.1 Å². The first-order valence-electron chi connectivity index (χ1n) is 4.67. The highest BCUT2D eigenvalue weighted by molar-refractivity contribution is 9.10. The molecular weight excluding hydrogens is 276 g/mol. The van der Waals surface area contributed by atoms with Crippen molar-refractivity contribution in [2.45, 2.75) is 0 Å². The Bertz CT molecular complexity index is 454. The summed E-state index contributed by atoms with van der Waals surface area (Å²) in [5, 5.41) is 8.55. The van der Waals surface area contributed by atoms with Gasteiger partial charge in [0.25, 0.3) is 0 Å². The Balaban J connectivity index is 2.35. The minimum atomic E-state index is -0.984. The van der Waals surface area contributed by atoms with Gasteiger partial charge < -0.3 is 14.6 Å². The molecule has 0 aromatic heterocycles. The first-order chi connectivity index (χ1) is 7.66. The van der Waals surface area contributed by atoms with Crippen molar-refractivity contribution in [1.29, 1.82) is 0 Å². The van der Waals surface area contributed by atoms with Gasteiger partial charge in [-0.1, -0.05) is 15.9 Å². The summed E-state index contributed by atoms with van der Waals surface area (Å²) in [5.74, 6) is 0.326. The quantitative estimate of drug-likeness (QED) is 0.847. The molecule has 0 spiro atoms. The van der Waals surface area contributed by atoms with Crippen LogP contribution in [-0.4, -0.2) is 24.3 Å². The molecular formula is C11H9BrO4. The molecule has 1 N–H and O–H groups in total. The van der Waals surface area contributed by atoms with E-state index in [1.165, 1.54) is 6.08 Å². The number of carboxylic acid groups (broad SMARTS) is 1. The summed E-state index contributed by atoms with van der Waals surface area (Å²) < 4.78 is 11.6. The van der Waals surface area contributed by atoms with Gasteiger partial charge in [-0.3, -0.25) is 0 Å². The SMILES string of the molecule is O=C(O)/C=C/c1cc2c(cc1Br)OCCO2. The second-order valence-corrected chi connectivity index (χ2v) is 4.04. The zero-order valence-electron chi connectivity index (χ0n) is 8.27. The van der Waals surface area contributed by atoms with E-state index in [2.05, 4.69) is 15.9 Å². The Morgan fingerprint density at radius 1 is 1.31 bits per heavy atom. The Hall–Kier alpha value is -1.49. The number of benzene rings is 1. The molecule has 0 unspecified atom stereocenters. The lowest BCUT2D eigenvalue weighted by Gasteiger charge is -2.19. The molecule has 4 nitrogen and oxygen atoms in total. The highest BCUT2D eigenvalue weighted by Gasteiger charge is 2.13. The fraction of sp³-hybridized carbons (Fsp3) is 0.182. The number of carboxylic acids is 1. The van der Waals surface area contributed by atoms with E-state index in [1.54, 1.807) is 12.1 Å². The van der Waals surface area contributed by atoms with Crippen LogP contribution in [0.15, 0.2) is 22.7 Å². The van der Waals surface area contributed by atoms with Gasteiger partial charge in [0.15, 0.2) is 11.5 Å². The molecule has 0 radical (unpaired) electrons. The van der Waals surface area contributed by atoms with E-state index in [0.29, 0.717) is 24.7 Å². The maximum atomic E-state index is 10.4. The second kappa shape index (κ2) is 4.57. The molecule has 0 bridgehead atoms. The minimum absolute atomic E-state index is 0.511. The molecule has 5 heteroatoms. The van der Waals surface area contributed by atoms with Crippen molar-refractivity contribution in [2.75, 3.05) is 13.2 Å². The van der Waals surface area contributed by atoms with Crippen LogP contribution in [0, 0.1) is 0 Å². The Morgan fingerprint density at radius 2 is 1.94 bits per heavy atom. The normalized spacial score (nSPS) is 14.1. The molecule has 1 heterocycles. The molecule has 1 aromatic rings. The van der Waals surface area contributed by atoms with Crippen molar-refractivity contribution >= 4 is 28.0 Å². The number of aliphatic carboxylic acids is 1. The van der Waals surface area contributed by atoms with E-state index in [1.807, 2.05) is 0 Å². The third-order valence-corrected chi connectivity index (χ3v) is 2.75. The van der Waals surface area contributed by atoms with E-state index in [-0.39, 0.29) is 0 Å². The average molecular weight is 285 g/mol. The number of halogens is 1. The van der Waals surface area contributed by atoms with Crippen molar-refractivity contribution in [3.63, 3.8) is 0 Å². The van der Waals surface area contributed by atoms with E-state index >= 15 is 0 Å². The Labute approximate surface area is 101 Å². The summed E-state index contributed by atoms with van der Waals surface area (Å²) in [6.07, 6.45) is 2.58. The summed E-state index contributed by atoms with van der Waals surface area (Å²) in [6, 6.07) is 3.52. The van der Waals surface area contributed by atoms with Crippen LogP contribution in [0.1, 0.15) is 5.56 Å². The first kappa shape index (κ1) is 11.0. The summed E-state index contributed by atoms with van der Waals surface area (Å²) in [5.41, 5.74) is 0.742. The zero-order chi connectivity index (χ0) is 11.5. The van der Waals surface area contributed by atoms with Gasteiger partial charge in [0, 0.05) is 10.5 Å². The van der Waals surface area contributed by atoms with Gasteiger partial charge in [0.05, 0.1) is 0 Å². The standard InChI is InChI=1S/C11H9BrO4/c12-8-6-10-9(15-3-4-16-10)5-7(8)1-2-11(13)14/h1-2,5-6H,3-4H2,(H,13,14)/b2-1+. The summed E-state index contributed by atoms with van der Waals surface area (Å²) in [7, 11) is 0. The number of rotatable bonds is 2. The lowest BCUT2D eigenvalue weighted by Crippen LogP contribution is -2.15. The van der Waals surface area contributed by atoms with Crippen LogP contribution in [0.4, 0.5) is 0 Å². The predicted molar refractivity (Wildman–Crippen MR) is 61.8 cm³/mol. The van der Waals surface area contributed by atoms with E-state index in [9.17, 15) is 4.79 Å². The van der Waals surface area contributed by atoms with Crippen LogP contribution in [0.25, 0.3) is 6.08 Å². The molecule has 0 atom stereocenters. The molecule has 0 fully saturated rings. The van der Waals surface area contributed by atoms with Gasteiger partial charge >= 0.3 is 5.97 Å². The van der Waals surface area contributed by atoms with Crippen molar-refractivity contribution in [2.24, 2.45) is 0 Å². The van der Waals surface area contributed by atoms with Crippen LogP contribution < -0.4 is 9.47 Å². The highest BCUT2D eigenvalue weighted by atomic mass is 79.9. The van der Waals surface area contributed by atoms with Crippen LogP contribution in [0.3, 0.4) is 0 Å². The number of fused-ring (bicyclic) bond motifs is 1. The maximum absolute atomic E-state index is 10.4. The van der Waals surface area contributed by atoms with Gasteiger partial charge in [-0.2, -0.15) is 0 Å². The molecule has 1 aromatic carbocycles. The van der Waals surface area contributed by atoms with Gasteiger partial charge in [0.1, 0.15) is 13.2 Å².